The number of amides is 2. The average molecular weight is 570 g/mol. The third-order valence-electron chi connectivity index (χ3n) is 6.08. The van der Waals surface area contributed by atoms with Gasteiger partial charge >= 0.3 is 12.1 Å². The maximum atomic E-state index is 13.0. The number of rotatable bonds is 15. The van der Waals surface area contributed by atoms with Gasteiger partial charge in [0.1, 0.15) is 30.6 Å². The van der Waals surface area contributed by atoms with Crippen LogP contribution >= 0.6 is 0 Å². The summed E-state index contributed by atoms with van der Waals surface area (Å²) in [6.07, 6.45) is 1.53. The summed E-state index contributed by atoms with van der Waals surface area (Å²) in [6, 6.07) is 13.9. The van der Waals surface area contributed by atoms with Crippen molar-refractivity contribution >= 4 is 18.0 Å². The number of hydrogen-bond donors (Lipinski definition) is 3. The number of esters is 1. The van der Waals surface area contributed by atoms with Crippen molar-refractivity contribution in [3.8, 4) is 5.75 Å². The largest absolute Gasteiger partial charge is 0.489 e. The van der Waals surface area contributed by atoms with Gasteiger partial charge in [-0.1, -0.05) is 55.8 Å². The lowest BCUT2D eigenvalue weighted by Crippen LogP contribution is -2.49. The van der Waals surface area contributed by atoms with Gasteiger partial charge in [0.05, 0.1) is 6.04 Å². The van der Waals surface area contributed by atoms with Crippen molar-refractivity contribution < 1.29 is 28.6 Å². The highest BCUT2D eigenvalue weighted by Crippen LogP contribution is 2.16. The predicted molar refractivity (Wildman–Crippen MR) is 159 cm³/mol. The second kappa shape index (κ2) is 16.6. The van der Waals surface area contributed by atoms with E-state index in [4.69, 9.17) is 19.9 Å². The fourth-order valence-electron chi connectivity index (χ4n) is 3.91. The number of unbranched alkanes of at least 4 members (excludes halogenated alkanes) is 1. The highest BCUT2D eigenvalue weighted by Gasteiger charge is 2.25. The Labute approximate surface area is 244 Å². The lowest BCUT2D eigenvalue weighted by molar-refractivity contribution is -0.149. The molecule has 0 aromatic heterocycles. The summed E-state index contributed by atoms with van der Waals surface area (Å²) in [7, 11) is 0. The first-order valence-electron chi connectivity index (χ1n) is 14.3. The number of nitrogens with two attached hydrogens (primary N) is 1. The lowest BCUT2D eigenvalue weighted by atomic mass is 10.0. The van der Waals surface area contributed by atoms with Crippen LogP contribution in [0.25, 0.3) is 0 Å². The molecule has 41 heavy (non-hydrogen) atoms. The minimum Gasteiger partial charge on any atom is -0.489 e. The number of carbonyl (C=O) groups is 3. The first-order valence-corrected chi connectivity index (χ1v) is 14.3. The molecule has 9 heteroatoms. The molecule has 0 radical (unpaired) electrons. The van der Waals surface area contributed by atoms with Crippen LogP contribution < -0.4 is 21.1 Å². The zero-order chi connectivity index (χ0) is 30.4. The number of hydrogen-bond acceptors (Lipinski definition) is 7. The standard InChI is InChI=1S/C32H47N3O6/c1-22(2)19-27(33)29(36)35-28(9-7-8-18-34-31(38)41-32(4,5)6)30(37)40-21-25-14-16-26(17-15-25)39-20-24-12-10-23(3)11-13-24/h10-17,22,27-28H,7-9,18-21,33H2,1-6H3,(H,34,38)(H,35,36). The molecular formula is C32H47N3O6. The average Bonchev–Trinajstić information content (AvgIpc) is 2.89. The quantitative estimate of drug-likeness (QED) is 0.199. The molecule has 0 aliphatic carbocycles. The highest BCUT2D eigenvalue weighted by molar-refractivity contribution is 5.87. The SMILES string of the molecule is Cc1ccc(COc2ccc(COC(=O)C(CCCCNC(=O)OC(C)(C)C)NC(=O)C(N)CC(C)C)cc2)cc1. The molecule has 2 aromatic rings. The van der Waals surface area contributed by atoms with Crippen molar-refractivity contribution in [2.75, 3.05) is 6.54 Å². The van der Waals surface area contributed by atoms with Crippen molar-refractivity contribution in [2.24, 2.45) is 11.7 Å². The Bertz CT molecular complexity index is 1090. The number of carbonyl (C=O) groups excluding carboxylic acids is 3. The van der Waals surface area contributed by atoms with E-state index in [0.29, 0.717) is 44.6 Å². The Kier molecular flexibility index (Phi) is 13.6. The van der Waals surface area contributed by atoms with Crippen LogP contribution in [0.15, 0.2) is 48.5 Å². The van der Waals surface area contributed by atoms with E-state index < -0.39 is 29.7 Å². The molecule has 0 aliphatic heterocycles. The Morgan fingerprint density at radius 3 is 2.12 bits per heavy atom. The number of nitrogens with one attached hydrogen (secondary N) is 2. The smallest absolute Gasteiger partial charge is 0.407 e. The highest BCUT2D eigenvalue weighted by atomic mass is 16.6. The van der Waals surface area contributed by atoms with Gasteiger partial charge in [-0.15, -0.1) is 0 Å². The van der Waals surface area contributed by atoms with Crippen molar-refractivity contribution in [1.29, 1.82) is 0 Å². The lowest BCUT2D eigenvalue weighted by Gasteiger charge is -2.21. The Morgan fingerprint density at radius 1 is 0.902 bits per heavy atom. The molecule has 2 atom stereocenters. The molecule has 0 saturated heterocycles. The first-order chi connectivity index (χ1) is 19.3. The molecule has 2 aromatic carbocycles. The predicted octanol–water partition coefficient (Wildman–Crippen LogP) is 5.17. The van der Waals surface area contributed by atoms with Crippen molar-refractivity contribution in [3.05, 3.63) is 65.2 Å². The van der Waals surface area contributed by atoms with Crippen LogP contribution in [-0.4, -0.2) is 42.2 Å². The normalized spacial score (nSPS) is 12.8. The van der Waals surface area contributed by atoms with Gasteiger partial charge in [-0.25, -0.2) is 9.59 Å². The van der Waals surface area contributed by atoms with Crippen LogP contribution in [0.3, 0.4) is 0 Å². The van der Waals surface area contributed by atoms with Gasteiger partial charge < -0.3 is 30.6 Å². The van der Waals surface area contributed by atoms with Crippen LogP contribution in [0.1, 0.15) is 77.0 Å². The number of aryl methyl sites for hydroxylation is 1. The summed E-state index contributed by atoms with van der Waals surface area (Å²) >= 11 is 0. The molecule has 0 aliphatic rings. The van der Waals surface area contributed by atoms with Crippen molar-refractivity contribution in [3.63, 3.8) is 0 Å². The fraction of sp³-hybridized carbons (Fsp3) is 0.531. The zero-order valence-electron chi connectivity index (χ0n) is 25.3. The molecular weight excluding hydrogens is 522 g/mol. The van der Waals surface area contributed by atoms with Gasteiger partial charge in [-0.3, -0.25) is 4.79 Å². The number of benzene rings is 2. The van der Waals surface area contributed by atoms with Crippen LogP contribution in [-0.2, 0) is 32.3 Å². The Balaban J connectivity index is 1.88. The van der Waals surface area contributed by atoms with E-state index in [-0.39, 0.29) is 18.4 Å². The molecule has 9 nitrogen and oxygen atoms in total. The molecule has 226 valence electrons. The van der Waals surface area contributed by atoms with Crippen LogP contribution in [0.5, 0.6) is 5.75 Å². The van der Waals surface area contributed by atoms with E-state index in [1.807, 2.05) is 69.3 Å². The van der Waals surface area contributed by atoms with Gasteiger partial charge in [0.25, 0.3) is 0 Å². The third-order valence-corrected chi connectivity index (χ3v) is 6.08. The zero-order valence-corrected chi connectivity index (χ0v) is 25.3. The van der Waals surface area contributed by atoms with Gasteiger partial charge in [-0.05, 0) is 82.6 Å². The minimum atomic E-state index is -0.848. The second-order valence-corrected chi connectivity index (χ2v) is 11.7. The maximum Gasteiger partial charge on any atom is 0.407 e. The summed E-state index contributed by atoms with van der Waals surface area (Å²) in [5.41, 5.74) is 8.53. The first kappa shape index (κ1) is 33.6. The summed E-state index contributed by atoms with van der Waals surface area (Å²) in [6.45, 7) is 12.3. The van der Waals surface area contributed by atoms with Crippen LogP contribution in [0.2, 0.25) is 0 Å². The van der Waals surface area contributed by atoms with Crippen LogP contribution in [0.4, 0.5) is 4.79 Å². The molecule has 2 amide bonds. The summed E-state index contributed by atoms with van der Waals surface area (Å²) in [5.74, 6) is 0.0337. The van der Waals surface area contributed by atoms with E-state index in [1.165, 1.54) is 5.56 Å². The number of ether oxygens (including phenoxy) is 3. The Hall–Kier alpha value is -3.59. The topological polar surface area (TPSA) is 129 Å². The van der Waals surface area contributed by atoms with Gasteiger partial charge in [0, 0.05) is 6.54 Å². The van der Waals surface area contributed by atoms with Crippen molar-refractivity contribution in [1.82, 2.24) is 10.6 Å². The van der Waals surface area contributed by atoms with E-state index in [1.54, 1.807) is 20.8 Å². The molecule has 0 spiro atoms. The third kappa shape index (κ3) is 14.0. The van der Waals surface area contributed by atoms with Gasteiger partial charge in [-0.2, -0.15) is 0 Å². The van der Waals surface area contributed by atoms with E-state index in [2.05, 4.69) is 10.6 Å². The minimum absolute atomic E-state index is 0.0572. The molecule has 0 fully saturated rings. The van der Waals surface area contributed by atoms with E-state index >= 15 is 0 Å². The summed E-state index contributed by atoms with van der Waals surface area (Å²) in [5, 5.41) is 5.46. The van der Waals surface area contributed by atoms with Gasteiger partial charge in [0.15, 0.2) is 0 Å². The maximum absolute atomic E-state index is 13.0. The second-order valence-electron chi connectivity index (χ2n) is 11.7. The van der Waals surface area contributed by atoms with E-state index in [0.717, 1.165) is 11.1 Å². The summed E-state index contributed by atoms with van der Waals surface area (Å²) in [4.78, 5) is 37.5. The Morgan fingerprint density at radius 2 is 1.51 bits per heavy atom. The van der Waals surface area contributed by atoms with E-state index in [9.17, 15) is 14.4 Å². The molecule has 0 saturated carbocycles. The monoisotopic (exact) mass is 569 g/mol. The molecule has 2 unspecified atom stereocenters. The molecule has 0 bridgehead atoms. The molecule has 4 N–H and O–H groups in total. The molecule has 0 heterocycles. The number of alkyl carbamates (subject to hydrolysis) is 1. The van der Waals surface area contributed by atoms with Gasteiger partial charge in [0.2, 0.25) is 5.91 Å². The summed E-state index contributed by atoms with van der Waals surface area (Å²) < 4.78 is 16.6. The van der Waals surface area contributed by atoms with Crippen molar-refractivity contribution in [2.45, 2.75) is 98.1 Å². The fourth-order valence-corrected chi connectivity index (χ4v) is 3.91. The molecule has 2 rings (SSSR count). The van der Waals surface area contributed by atoms with Crippen LogP contribution in [0, 0.1) is 12.8 Å².